The number of halogens is 2. The van der Waals surface area contributed by atoms with Crippen LogP contribution in [-0.4, -0.2) is 24.9 Å². The van der Waals surface area contributed by atoms with Crippen LogP contribution in [0.1, 0.15) is 0 Å². The highest BCUT2D eigenvalue weighted by atomic mass is 19.3. The first-order valence-electron chi connectivity index (χ1n) is 2.10. The Balaban J connectivity index is 2.53. The molecule has 0 amide bonds. The normalized spacial score (nSPS) is 35.4. The highest BCUT2D eigenvalue weighted by Gasteiger charge is 2.53. The molecule has 1 aliphatic heterocycles. The summed E-state index contributed by atoms with van der Waals surface area (Å²) in [7, 11) is 0. The number of rotatable bonds is 2. The molecule has 0 aromatic carbocycles. The van der Waals surface area contributed by atoms with Gasteiger partial charge in [-0.15, -0.1) is 0 Å². The highest BCUT2D eigenvalue weighted by molar-refractivity contribution is 5.66. The fraction of sp³-hybridized carbons (Fsp3) is 0.750. The summed E-state index contributed by atoms with van der Waals surface area (Å²) in [6, 6.07) is 0. The third kappa shape index (κ3) is 0.608. The molecule has 1 aliphatic rings. The lowest BCUT2D eigenvalue weighted by molar-refractivity contribution is -0.117. The van der Waals surface area contributed by atoms with Crippen molar-refractivity contribution in [3.63, 3.8) is 0 Å². The monoisotopic (exact) mass is 122 g/mol. The Hall–Kier alpha value is -0.510. The lowest BCUT2D eigenvalue weighted by atomic mass is 10.2. The molecular weight excluding hydrogens is 118 g/mol. The van der Waals surface area contributed by atoms with Crippen LogP contribution in [0.5, 0.6) is 0 Å². The summed E-state index contributed by atoms with van der Waals surface area (Å²) in [5.41, 5.74) is -1.72. The van der Waals surface area contributed by atoms with Gasteiger partial charge in [0, 0.05) is 0 Å². The quantitative estimate of drug-likeness (QED) is 0.387. The van der Waals surface area contributed by atoms with E-state index in [2.05, 4.69) is 4.74 Å². The Kier molecular flexibility index (Phi) is 1.04. The van der Waals surface area contributed by atoms with E-state index in [1.165, 1.54) is 0 Å². The van der Waals surface area contributed by atoms with Gasteiger partial charge in [-0.25, -0.2) is 8.78 Å². The largest absolute Gasteiger partial charge is 0.356 e. The molecule has 1 unspecified atom stereocenters. The van der Waals surface area contributed by atoms with Crippen LogP contribution in [0.3, 0.4) is 0 Å². The van der Waals surface area contributed by atoms with Crippen LogP contribution < -0.4 is 0 Å². The number of alkyl halides is 2. The molecule has 0 aromatic heterocycles. The zero-order valence-corrected chi connectivity index (χ0v) is 3.93. The number of carbonyl (C=O) groups is 1. The third-order valence-electron chi connectivity index (χ3n) is 1.05. The summed E-state index contributed by atoms with van der Waals surface area (Å²) in [6.45, 7) is -0.131. The molecule has 1 fully saturated rings. The molecule has 8 heavy (non-hydrogen) atoms. The van der Waals surface area contributed by atoms with Gasteiger partial charge in [0.25, 0.3) is 6.43 Å². The molecule has 1 rings (SSSR count). The number of aldehydes is 1. The second kappa shape index (κ2) is 1.48. The van der Waals surface area contributed by atoms with E-state index in [1.807, 2.05) is 0 Å². The van der Waals surface area contributed by atoms with Crippen molar-refractivity contribution < 1.29 is 18.3 Å². The smallest absolute Gasteiger partial charge is 0.276 e. The number of hydrogen-bond acceptors (Lipinski definition) is 2. The van der Waals surface area contributed by atoms with Gasteiger partial charge in [-0.1, -0.05) is 0 Å². The molecule has 2 nitrogen and oxygen atoms in total. The fourth-order valence-corrected chi connectivity index (χ4v) is 0.329. The minimum atomic E-state index is -2.67. The zero-order valence-electron chi connectivity index (χ0n) is 3.93. The SMILES string of the molecule is O=CC1(C(F)F)CO1. The van der Waals surface area contributed by atoms with Gasteiger partial charge in [0.2, 0.25) is 5.60 Å². The van der Waals surface area contributed by atoms with Gasteiger partial charge in [0.05, 0.1) is 6.61 Å². The van der Waals surface area contributed by atoms with Crippen LogP contribution in [0.4, 0.5) is 8.78 Å². The van der Waals surface area contributed by atoms with E-state index in [9.17, 15) is 13.6 Å². The van der Waals surface area contributed by atoms with Gasteiger partial charge in [-0.3, -0.25) is 4.79 Å². The molecule has 4 heteroatoms. The molecule has 0 aromatic rings. The molecule has 1 heterocycles. The number of carbonyl (C=O) groups excluding carboxylic acids is 1. The predicted molar refractivity (Wildman–Crippen MR) is 20.8 cm³/mol. The zero-order chi connectivity index (χ0) is 6.20. The van der Waals surface area contributed by atoms with Crippen LogP contribution in [0, 0.1) is 0 Å². The Labute approximate surface area is 44.4 Å². The van der Waals surface area contributed by atoms with Crippen molar-refractivity contribution in [2.45, 2.75) is 12.0 Å². The van der Waals surface area contributed by atoms with Crippen molar-refractivity contribution >= 4 is 6.29 Å². The van der Waals surface area contributed by atoms with Gasteiger partial charge in [-0.2, -0.15) is 0 Å². The van der Waals surface area contributed by atoms with E-state index < -0.39 is 12.0 Å². The maximum atomic E-state index is 11.5. The second-order valence-electron chi connectivity index (χ2n) is 1.66. The van der Waals surface area contributed by atoms with Crippen molar-refractivity contribution in [3.8, 4) is 0 Å². The van der Waals surface area contributed by atoms with Crippen molar-refractivity contribution in [2.75, 3.05) is 6.61 Å². The van der Waals surface area contributed by atoms with Crippen molar-refractivity contribution in [3.05, 3.63) is 0 Å². The molecular formula is C4H4F2O2. The van der Waals surface area contributed by atoms with Gasteiger partial charge < -0.3 is 4.74 Å². The van der Waals surface area contributed by atoms with Gasteiger partial charge in [0.1, 0.15) is 0 Å². The Morgan fingerprint density at radius 1 is 1.75 bits per heavy atom. The van der Waals surface area contributed by atoms with Crippen LogP contribution in [0.25, 0.3) is 0 Å². The lowest BCUT2D eigenvalue weighted by Crippen LogP contribution is -2.23. The van der Waals surface area contributed by atoms with Crippen molar-refractivity contribution in [1.82, 2.24) is 0 Å². The minimum Gasteiger partial charge on any atom is -0.356 e. The average Bonchev–Trinajstić information content (AvgIpc) is 2.44. The van der Waals surface area contributed by atoms with Crippen LogP contribution in [0.15, 0.2) is 0 Å². The molecule has 0 bridgehead atoms. The Bertz CT molecular complexity index is 109. The van der Waals surface area contributed by atoms with E-state index in [4.69, 9.17) is 0 Å². The molecule has 0 spiro atoms. The van der Waals surface area contributed by atoms with Crippen molar-refractivity contribution in [1.29, 1.82) is 0 Å². The molecule has 1 atom stereocenters. The molecule has 1 saturated heterocycles. The lowest BCUT2D eigenvalue weighted by Gasteiger charge is -1.97. The molecule has 0 saturated carbocycles. The first-order chi connectivity index (χ1) is 3.71. The van der Waals surface area contributed by atoms with E-state index in [-0.39, 0.29) is 12.9 Å². The average molecular weight is 122 g/mol. The van der Waals surface area contributed by atoms with Gasteiger partial charge in [-0.05, 0) is 0 Å². The Morgan fingerprint density at radius 3 is 2.25 bits per heavy atom. The first-order valence-corrected chi connectivity index (χ1v) is 2.10. The number of epoxide rings is 1. The van der Waals surface area contributed by atoms with Crippen LogP contribution in [0.2, 0.25) is 0 Å². The highest BCUT2D eigenvalue weighted by Crippen LogP contribution is 2.30. The van der Waals surface area contributed by atoms with E-state index in [0.717, 1.165) is 0 Å². The summed E-state index contributed by atoms with van der Waals surface area (Å²) in [6.07, 6.45) is -2.52. The molecule has 46 valence electrons. The molecule has 0 aliphatic carbocycles. The van der Waals surface area contributed by atoms with E-state index in [0.29, 0.717) is 0 Å². The fourth-order valence-electron chi connectivity index (χ4n) is 0.329. The van der Waals surface area contributed by atoms with E-state index >= 15 is 0 Å². The summed E-state index contributed by atoms with van der Waals surface area (Å²) in [5, 5.41) is 0. The van der Waals surface area contributed by atoms with Gasteiger partial charge >= 0.3 is 0 Å². The van der Waals surface area contributed by atoms with Crippen LogP contribution >= 0.6 is 0 Å². The molecule has 0 radical (unpaired) electrons. The Morgan fingerprint density at radius 2 is 2.25 bits per heavy atom. The standard InChI is InChI=1S/C4H4F2O2/c5-3(6)4(1-7)2-8-4/h1,3H,2H2. The minimum absolute atomic E-state index is 0.131. The summed E-state index contributed by atoms with van der Waals surface area (Å²) in [5.74, 6) is 0. The van der Waals surface area contributed by atoms with Crippen molar-refractivity contribution in [2.24, 2.45) is 0 Å². The summed E-state index contributed by atoms with van der Waals surface area (Å²) >= 11 is 0. The first kappa shape index (κ1) is 5.62. The number of hydrogen-bond donors (Lipinski definition) is 0. The van der Waals surface area contributed by atoms with Gasteiger partial charge in [0.15, 0.2) is 6.29 Å². The number of ether oxygens (including phenoxy) is 1. The topological polar surface area (TPSA) is 29.6 Å². The van der Waals surface area contributed by atoms with E-state index in [1.54, 1.807) is 0 Å². The maximum absolute atomic E-state index is 11.5. The predicted octanol–water partition coefficient (Wildman–Crippen LogP) is 0.219. The van der Waals surface area contributed by atoms with Crippen LogP contribution in [-0.2, 0) is 9.53 Å². The second-order valence-corrected chi connectivity index (χ2v) is 1.66. The summed E-state index contributed by atoms with van der Waals surface area (Å²) in [4.78, 5) is 9.73. The third-order valence-corrected chi connectivity index (χ3v) is 1.05. The summed E-state index contributed by atoms with van der Waals surface area (Å²) < 4.78 is 27.2. The molecule has 0 N–H and O–H groups in total. The maximum Gasteiger partial charge on any atom is 0.276 e.